The highest BCUT2D eigenvalue weighted by atomic mass is 16.5. The van der Waals surface area contributed by atoms with Gasteiger partial charge in [0.1, 0.15) is 17.5 Å². The number of rotatable bonds is 8. The SMILES string of the molecule is CC(N)(CCOc1ccccc1)c1cccc(NC2=CC(=O)N(C3CCC(=O)NC3=O)C2=O)c1. The number of anilines is 1. The quantitative estimate of drug-likeness (QED) is 0.510. The molecule has 0 saturated carbocycles. The molecule has 0 spiro atoms. The summed E-state index contributed by atoms with van der Waals surface area (Å²) in [7, 11) is 0. The van der Waals surface area contributed by atoms with Crippen LogP contribution in [0, 0.1) is 0 Å². The van der Waals surface area contributed by atoms with Crippen LogP contribution >= 0.6 is 0 Å². The van der Waals surface area contributed by atoms with Gasteiger partial charge in [0.25, 0.3) is 11.8 Å². The molecule has 1 saturated heterocycles. The minimum Gasteiger partial charge on any atom is -0.494 e. The van der Waals surface area contributed by atoms with Gasteiger partial charge in [0.15, 0.2) is 0 Å². The van der Waals surface area contributed by atoms with E-state index in [9.17, 15) is 19.2 Å². The Morgan fingerprint density at radius 3 is 2.62 bits per heavy atom. The zero-order valence-corrected chi connectivity index (χ0v) is 18.7. The second kappa shape index (κ2) is 9.48. The van der Waals surface area contributed by atoms with E-state index in [1.165, 1.54) is 0 Å². The van der Waals surface area contributed by atoms with Crippen LogP contribution in [-0.4, -0.2) is 41.2 Å². The molecule has 0 aromatic heterocycles. The molecule has 2 atom stereocenters. The lowest BCUT2D eigenvalue weighted by Gasteiger charge is -2.28. The molecule has 9 heteroatoms. The van der Waals surface area contributed by atoms with Crippen molar-refractivity contribution >= 4 is 29.3 Å². The van der Waals surface area contributed by atoms with Gasteiger partial charge in [0, 0.05) is 30.1 Å². The predicted molar refractivity (Wildman–Crippen MR) is 124 cm³/mol. The van der Waals surface area contributed by atoms with Crippen molar-refractivity contribution in [3.05, 3.63) is 71.9 Å². The topological polar surface area (TPSA) is 131 Å². The van der Waals surface area contributed by atoms with Gasteiger partial charge in [-0.3, -0.25) is 29.4 Å². The van der Waals surface area contributed by atoms with Crippen LogP contribution in [-0.2, 0) is 24.7 Å². The third-order valence-electron chi connectivity index (χ3n) is 5.91. The van der Waals surface area contributed by atoms with Crippen LogP contribution in [0.15, 0.2) is 66.4 Å². The molecule has 9 nitrogen and oxygen atoms in total. The highest BCUT2D eigenvalue weighted by Gasteiger charge is 2.42. The number of nitrogens with two attached hydrogens (primary N) is 1. The fourth-order valence-electron chi connectivity index (χ4n) is 3.95. The van der Waals surface area contributed by atoms with Gasteiger partial charge >= 0.3 is 0 Å². The molecule has 0 bridgehead atoms. The molecule has 4 rings (SSSR count). The number of nitrogens with one attached hydrogen (secondary N) is 2. The molecule has 4 amide bonds. The molecular weight excluding hydrogens is 436 g/mol. The van der Waals surface area contributed by atoms with Crippen molar-refractivity contribution in [1.82, 2.24) is 10.2 Å². The lowest BCUT2D eigenvalue weighted by atomic mass is 9.90. The third kappa shape index (κ3) is 4.99. The Bertz CT molecular complexity index is 1160. The zero-order valence-electron chi connectivity index (χ0n) is 18.7. The van der Waals surface area contributed by atoms with Gasteiger partial charge in [-0.25, -0.2) is 0 Å². The molecule has 1 fully saturated rings. The van der Waals surface area contributed by atoms with E-state index in [4.69, 9.17) is 10.5 Å². The molecule has 2 aliphatic rings. The van der Waals surface area contributed by atoms with Gasteiger partial charge < -0.3 is 15.8 Å². The summed E-state index contributed by atoms with van der Waals surface area (Å²) in [5.41, 5.74) is 7.31. The van der Waals surface area contributed by atoms with Crippen molar-refractivity contribution < 1.29 is 23.9 Å². The Kier molecular flexibility index (Phi) is 6.47. The Balaban J connectivity index is 1.41. The second-order valence-corrected chi connectivity index (χ2v) is 8.57. The van der Waals surface area contributed by atoms with Crippen molar-refractivity contribution in [2.24, 2.45) is 5.73 Å². The summed E-state index contributed by atoms with van der Waals surface area (Å²) in [6.45, 7) is 2.32. The van der Waals surface area contributed by atoms with Crippen LogP contribution in [0.4, 0.5) is 5.69 Å². The maximum atomic E-state index is 12.9. The summed E-state index contributed by atoms with van der Waals surface area (Å²) in [4.78, 5) is 49.8. The first kappa shape index (κ1) is 23.2. The Morgan fingerprint density at radius 2 is 1.88 bits per heavy atom. The molecule has 2 heterocycles. The number of benzene rings is 2. The Morgan fingerprint density at radius 1 is 1.12 bits per heavy atom. The summed E-state index contributed by atoms with van der Waals surface area (Å²) < 4.78 is 5.77. The number of hydrogen-bond donors (Lipinski definition) is 3. The van der Waals surface area contributed by atoms with Gasteiger partial charge in [-0.15, -0.1) is 0 Å². The Labute approximate surface area is 196 Å². The number of amides is 4. The fraction of sp³-hybridized carbons (Fsp3) is 0.280. The predicted octanol–water partition coefficient (Wildman–Crippen LogP) is 1.80. The summed E-state index contributed by atoms with van der Waals surface area (Å²) in [5.74, 6) is -1.50. The van der Waals surface area contributed by atoms with E-state index in [1.807, 2.05) is 49.4 Å². The summed E-state index contributed by atoms with van der Waals surface area (Å²) >= 11 is 0. The molecule has 0 radical (unpaired) electrons. The monoisotopic (exact) mass is 462 g/mol. The number of para-hydroxylation sites is 1. The van der Waals surface area contributed by atoms with E-state index in [1.54, 1.807) is 12.1 Å². The highest BCUT2D eigenvalue weighted by Crippen LogP contribution is 2.27. The van der Waals surface area contributed by atoms with E-state index in [-0.39, 0.29) is 18.5 Å². The maximum Gasteiger partial charge on any atom is 0.278 e. The lowest BCUT2D eigenvalue weighted by molar-refractivity contribution is -0.149. The fourth-order valence-corrected chi connectivity index (χ4v) is 3.95. The minimum atomic E-state index is -1.00. The standard InChI is InChI=1S/C25H26N4O5/c1-25(26,12-13-34-18-8-3-2-4-9-18)16-6-5-7-17(14-16)27-19-15-22(31)29(24(19)33)20-10-11-21(30)28-23(20)32/h2-9,14-15,20,27H,10-13,26H2,1H3,(H,28,30,32). The molecule has 4 N–H and O–H groups in total. The molecule has 2 aromatic rings. The number of piperidine rings is 1. The summed E-state index contributed by atoms with van der Waals surface area (Å²) in [5, 5.41) is 5.14. The molecule has 176 valence electrons. The zero-order chi connectivity index (χ0) is 24.3. The normalized spacial score (nSPS) is 20.0. The smallest absolute Gasteiger partial charge is 0.278 e. The Hall–Kier alpha value is -3.98. The number of hydrogen-bond acceptors (Lipinski definition) is 7. The van der Waals surface area contributed by atoms with Crippen LogP contribution in [0.1, 0.15) is 31.7 Å². The first-order valence-electron chi connectivity index (χ1n) is 11.0. The van der Waals surface area contributed by atoms with Crippen LogP contribution in [0.3, 0.4) is 0 Å². The van der Waals surface area contributed by atoms with Crippen LogP contribution in [0.2, 0.25) is 0 Å². The van der Waals surface area contributed by atoms with Gasteiger partial charge in [-0.1, -0.05) is 30.3 Å². The number of ether oxygens (including phenoxy) is 1. The molecule has 34 heavy (non-hydrogen) atoms. The van der Waals surface area contributed by atoms with E-state index >= 15 is 0 Å². The third-order valence-corrected chi connectivity index (χ3v) is 5.91. The van der Waals surface area contributed by atoms with E-state index in [0.717, 1.165) is 22.3 Å². The van der Waals surface area contributed by atoms with E-state index in [2.05, 4.69) is 10.6 Å². The van der Waals surface area contributed by atoms with Crippen molar-refractivity contribution in [2.45, 2.75) is 37.8 Å². The summed E-state index contributed by atoms with van der Waals surface area (Å²) in [6, 6.07) is 15.7. The van der Waals surface area contributed by atoms with Crippen molar-refractivity contribution in [3.8, 4) is 5.75 Å². The van der Waals surface area contributed by atoms with Crippen LogP contribution in [0.25, 0.3) is 0 Å². The minimum absolute atomic E-state index is 0.0537. The second-order valence-electron chi connectivity index (χ2n) is 8.57. The average Bonchev–Trinajstić information content (AvgIpc) is 3.07. The summed E-state index contributed by atoms with van der Waals surface area (Å²) in [6.07, 6.45) is 1.89. The van der Waals surface area contributed by atoms with Gasteiger partial charge in [0.2, 0.25) is 11.8 Å². The lowest BCUT2D eigenvalue weighted by Crippen LogP contribution is -2.54. The maximum absolute atomic E-state index is 12.9. The molecule has 2 unspecified atom stereocenters. The molecule has 0 aliphatic carbocycles. The molecular formula is C25H26N4O5. The van der Waals surface area contributed by atoms with Crippen LogP contribution in [0.5, 0.6) is 5.75 Å². The highest BCUT2D eigenvalue weighted by molar-refractivity contribution is 6.20. The largest absolute Gasteiger partial charge is 0.494 e. The van der Waals surface area contributed by atoms with E-state index < -0.39 is 35.2 Å². The van der Waals surface area contributed by atoms with Crippen LogP contribution < -0.4 is 21.1 Å². The number of nitrogens with zero attached hydrogens (tertiary/aromatic N) is 1. The van der Waals surface area contributed by atoms with Crippen molar-refractivity contribution in [1.29, 1.82) is 0 Å². The van der Waals surface area contributed by atoms with Gasteiger partial charge in [-0.05, 0) is 43.2 Å². The number of carbonyl (C=O) groups excluding carboxylic acids is 4. The number of imide groups is 2. The average molecular weight is 463 g/mol. The van der Waals surface area contributed by atoms with Gasteiger partial charge in [0.05, 0.1) is 6.61 Å². The number of carbonyl (C=O) groups is 4. The first-order chi connectivity index (χ1) is 16.2. The van der Waals surface area contributed by atoms with Crippen molar-refractivity contribution in [3.63, 3.8) is 0 Å². The van der Waals surface area contributed by atoms with Crippen molar-refractivity contribution in [2.75, 3.05) is 11.9 Å². The molecule has 2 aromatic carbocycles. The van der Waals surface area contributed by atoms with E-state index in [0.29, 0.717) is 18.7 Å². The van der Waals surface area contributed by atoms with Gasteiger partial charge in [-0.2, -0.15) is 0 Å². The molecule has 2 aliphatic heterocycles. The first-order valence-corrected chi connectivity index (χ1v) is 11.0.